The Kier molecular flexibility index (Phi) is 9.56. The minimum atomic E-state index is -1.43. The molecule has 0 bridgehead atoms. The van der Waals surface area contributed by atoms with Crippen molar-refractivity contribution in [3.63, 3.8) is 0 Å². The van der Waals surface area contributed by atoms with Crippen molar-refractivity contribution in [2.45, 2.75) is 52.9 Å². The molecule has 9 nitrogen and oxygen atoms in total. The van der Waals surface area contributed by atoms with Crippen molar-refractivity contribution in [1.82, 2.24) is 14.1 Å². The molecule has 3 aromatic heterocycles. The summed E-state index contributed by atoms with van der Waals surface area (Å²) < 4.78 is 34.9. The average molecular weight is 575 g/mol. The molecular weight excluding hydrogens is 546 g/mol. The normalized spacial score (nSPS) is 13.7. The van der Waals surface area contributed by atoms with Crippen molar-refractivity contribution in [3.05, 3.63) is 109 Å². The third kappa shape index (κ3) is 7.17. The quantitative estimate of drug-likeness (QED) is 0.308. The predicted octanol–water partition coefficient (Wildman–Crippen LogP) is 4.15. The van der Waals surface area contributed by atoms with Crippen LogP contribution in [0.25, 0.3) is 6.20 Å². The van der Waals surface area contributed by atoms with Gasteiger partial charge >= 0.3 is 0 Å². The number of aryl methyl sites for hydroxylation is 1. The summed E-state index contributed by atoms with van der Waals surface area (Å²) >= 11 is 6.25. The van der Waals surface area contributed by atoms with E-state index in [-0.39, 0.29) is 27.9 Å². The molecule has 0 saturated heterocycles. The first-order valence-corrected chi connectivity index (χ1v) is 12.5. The number of allylic oxidation sites excluding steroid dienone is 1. The molecule has 212 valence electrons. The van der Waals surface area contributed by atoms with Crippen LogP contribution in [0.3, 0.4) is 0 Å². The van der Waals surface area contributed by atoms with Gasteiger partial charge in [-0.25, -0.2) is 13.8 Å². The molecule has 40 heavy (non-hydrogen) atoms. The molecule has 0 saturated carbocycles. The average Bonchev–Trinajstić information content (AvgIpc) is 2.87. The molecule has 0 aliphatic heterocycles. The molecule has 3 heterocycles. The molecule has 0 radical (unpaired) electrons. The maximum Gasteiger partial charge on any atom is 0.277 e. The zero-order valence-electron chi connectivity index (χ0n) is 22.5. The van der Waals surface area contributed by atoms with Crippen LogP contribution in [0.5, 0.6) is 5.75 Å². The van der Waals surface area contributed by atoms with Gasteiger partial charge in [0.15, 0.2) is 5.82 Å². The number of aliphatic imine (C=N–C) groups is 1. The maximum absolute atomic E-state index is 13.9. The van der Waals surface area contributed by atoms with Crippen LogP contribution in [-0.2, 0) is 12.2 Å². The van der Waals surface area contributed by atoms with Gasteiger partial charge in [-0.2, -0.15) is 0 Å². The number of aliphatic hydroxyl groups excluding tert-OH is 1. The fourth-order valence-electron chi connectivity index (χ4n) is 3.42. The third-order valence-corrected chi connectivity index (χ3v) is 6.22. The number of rotatable bonds is 8. The van der Waals surface area contributed by atoms with Gasteiger partial charge in [0.2, 0.25) is 0 Å². The van der Waals surface area contributed by atoms with E-state index in [0.717, 1.165) is 6.20 Å². The first-order chi connectivity index (χ1) is 18.7. The highest BCUT2D eigenvalue weighted by Crippen LogP contribution is 2.23. The van der Waals surface area contributed by atoms with E-state index in [1.165, 1.54) is 59.8 Å². The second-order valence-electron chi connectivity index (χ2n) is 9.52. The van der Waals surface area contributed by atoms with Crippen LogP contribution in [0.1, 0.15) is 44.6 Å². The highest BCUT2D eigenvalue weighted by atomic mass is 35.5. The van der Waals surface area contributed by atoms with Crippen LogP contribution in [-0.4, -0.2) is 36.3 Å². The molecule has 3 aromatic rings. The minimum absolute atomic E-state index is 0.0298. The fraction of sp³-hybridized carbons (Fsp3) is 0.286. The number of aliphatic hydroxyl groups is 2. The van der Waals surface area contributed by atoms with Crippen molar-refractivity contribution >= 4 is 23.6 Å². The van der Waals surface area contributed by atoms with Gasteiger partial charge in [-0.05, 0) is 58.4 Å². The van der Waals surface area contributed by atoms with E-state index < -0.39 is 41.1 Å². The third-order valence-electron chi connectivity index (χ3n) is 5.88. The van der Waals surface area contributed by atoms with Crippen LogP contribution in [0.2, 0.25) is 5.02 Å². The molecule has 0 aliphatic carbocycles. The summed E-state index contributed by atoms with van der Waals surface area (Å²) in [5.74, 6) is -1.69. The molecule has 0 fully saturated rings. The van der Waals surface area contributed by atoms with Crippen LogP contribution in [0, 0.1) is 18.6 Å². The summed E-state index contributed by atoms with van der Waals surface area (Å²) in [4.78, 5) is 34.2. The molecule has 3 rings (SSSR count). The van der Waals surface area contributed by atoms with E-state index in [1.54, 1.807) is 26.8 Å². The van der Waals surface area contributed by atoms with Crippen molar-refractivity contribution < 1.29 is 23.7 Å². The van der Waals surface area contributed by atoms with E-state index in [4.69, 9.17) is 16.3 Å². The lowest BCUT2D eigenvalue weighted by atomic mass is 10.0. The Labute approximate surface area is 234 Å². The molecule has 2 N–H and O–H groups in total. The second kappa shape index (κ2) is 12.5. The van der Waals surface area contributed by atoms with Gasteiger partial charge in [0.1, 0.15) is 34.7 Å². The Morgan fingerprint density at radius 3 is 2.60 bits per heavy atom. The van der Waals surface area contributed by atoms with Gasteiger partial charge in [0.25, 0.3) is 11.1 Å². The van der Waals surface area contributed by atoms with Crippen LogP contribution < -0.4 is 15.9 Å². The molecule has 0 amide bonds. The highest BCUT2D eigenvalue weighted by molar-refractivity contribution is 6.31. The number of halogens is 3. The molecule has 0 aromatic carbocycles. The predicted molar refractivity (Wildman–Crippen MR) is 148 cm³/mol. The molecule has 12 heteroatoms. The summed E-state index contributed by atoms with van der Waals surface area (Å²) in [6, 6.07) is 5.19. The highest BCUT2D eigenvalue weighted by Gasteiger charge is 2.21. The van der Waals surface area contributed by atoms with Gasteiger partial charge in [-0.1, -0.05) is 11.6 Å². The molecule has 0 spiro atoms. The van der Waals surface area contributed by atoms with Gasteiger partial charge in [-0.3, -0.25) is 23.7 Å². The monoisotopic (exact) mass is 574 g/mol. The minimum Gasteiger partial charge on any atom is -0.485 e. The van der Waals surface area contributed by atoms with E-state index in [9.17, 15) is 28.6 Å². The largest absolute Gasteiger partial charge is 0.485 e. The summed E-state index contributed by atoms with van der Waals surface area (Å²) in [7, 11) is 0. The molecule has 0 unspecified atom stereocenters. The van der Waals surface area contributed by atoms with Crippen LogP contribution in [0.15, 0.2) is 69.1 Å². The van der Waals surface area contributed by atoms with Gasteiger partial charge in [0.05, 0.1) is 17.9 Å². The van der Waals surface area contributed by atoms with Crippen molar-refractivity contribution in [1.29, 1.82) is 0 Å². The Bertz CT molecular complexity index is 1620. The van der Waals surface area contributed by atoms with Crippen molar-refractivity contribution in [2.24, 2.45) is 4.99 Å². The van der Waals surface area contributed by atoms with Crippen molar-refractivity contribution in [2.75, 3.05) is 0 Å². The number of pyridine rings is 3. The Morgan fingerprint density at radius 1 is 1.27 bits per heavy atom. The number of aromatic nitrogens is 3. The van der Waals surface area contributed by atoms with Crippen LogP contribution in [0.4, 0.5) is 8.78 Å². The Balaban J connectivity index is 2.03. The van der Waals surface area contributed by atoms with E-state index in [2.05, 4.69) is 9.98 Å². The van der Waals surface area contributed by atoms with E-state index in [0.29, 0.717) is 17.3 Å². The summed E-state index contributed by atoms with van der Waals surface area (Å²) in [5, 5.41) is 19.9. The molecular formula is C28H29ClF2N4O5. The van der Waals surface area contributed by atoms with Gasteiger partial charge < -0.3 is 14.9 Å². The fourth-order valence-corrected chi connectivity index (χ4v) is 3.62. The SMILES string of the molecule is C/C(=C/N=C(\C=C\n1c(C)cc(OCc2ncc(F)cc2F)c(Cl)c1=O)n1cccc(C(C)(C)O)c1=O)[C@H](C)O. The lowest BCUT2D eigenvalue weighted by Crippen LogP contribution is -2.34. The topological polar surface area (TPSA) is 119 Å². The summed E-state index contributed by atoms with van der Waals surface area (Å²) in [6.45, 7) is 7.39. The number of nitrogens with zero attached hydrogens (tertiary/aromatic N) is 4. The lowest BCUT2D eigenvalue weighted by molar-refractivity contribution is 0.0768. The van der Waals surface area contributed by atoms with E-state index in [1.807, 2.05) is 0 Å². The Hall–Kier alpha value is -3.93. The zero-order valence-corrected chi connectivity index (χ0v) is 23.3. The zero-order chi connectivity index (χ0) is 29.8. The Morgan fingerprint density at radius 2 is 1.98 bits per heavy atom. The van der Waals surface area contributed by atoms with Crippen LogP contribution >= 0.6 is 11.6 Å². The number of ether oxygens (including phenoxy) is 1. The summed E-state index contributed by atoms with van der Waals surface area (Å²) in [6.07, 6.45) is 5.64. The van der Waals surface area contributed by atoms with Gasteiger partial charge in [0, 0.05) is 42.0 Å². The maximum atomic E-state index is 13.9. The van der Waals surface area contributed by atoms with E-state index >= 15 is 0 Å². The molecule has 0 aliphatic rings. The standard InChI is InChI=1S/C28H29ClF2N4O5/c1-16(18(3)36)13-33-24(35-9-6-7-20(26(35)37)28(4,5)39)8-10-34-17(2)11-23(25(29)27(34)38)40-15-22-21(31)12-19(30)14-32-22/h6-14,18,36,39H,15H2,1-5H3/b10-8+,16-13-,33-24+/t18-/m0/s1. The summed E-state index contributed by atoms with van der Waals surface area (Å²) in [5.41, 5.74) is -1.79. The smallest absolute Gasteiger partial charge is 0.277 e. The lowest BCUT2D eigenvalue weighted by Gasteiger charge is -2.18. The first kappa shape index (κ1) is 30.6. The molecule has 1 atom stereocenters. The van der Waals surface area contributed by atoms with Gasteiger partial charge in [-0.15, -0.1) is 0 Å². The van der Waals surface area contributed by atoms with Crippen molar-refractivity contribution in [3.8, 4) is 5.75 Å². The second-order valence-corrected chi connectivity index (χ2v) is 9.90. The first-order valence-electron chi connectivity index (χ1n) is 12.1. The number of hydrogen-bond acceptors (Lipinski definition) is 7. The number of hydrogen-bond donors (Lipinski definition) is 2.